The second-order valence-corrected chi connectivity index (χ2v) is 5.04. The standard InChI is InChI=1S/C11H22N2O2S/c1-3-8(7-16-2)13-11(14)10-5-4-9(6-12)15-10/h8-10H,3-7,12H2,1-2H3,(H,13,14). The second-order valence-electron chi connectivity index (χ2n) is 4.13. The maximum Gasteiger partial charge on any atom is 0.249 e. The predicted octanol–water partition coefficient (Wildman–Crippen LogP) is 0.750. The van der Waals surface area contributed by atoms with Crippen LogP contribution in [0.5, 0.6) is 0 Å². The van der Waals surface area contributed by atoms with Gasteiger partial charge >= 0.3 is 0 Å². The summed E-state index contributed by atoms with van der Waals surface area (Å²) in [7, 11) is 0. The van der Waals surface area contributed by atoms with E-state index in [-0.39, 0.29) is 24.2 Å². The summed E-state index contributed by atoms with van der Waals surface area (Å²) in [5.41, 5.74) is 5.51. The first-order chi connectivity index (χ1) is 7.71. The minimum Gasteiger partial charge on any atom is -0.364 e. The molecule has 1 amide bonds. The quantitative estimate of drug-likeness (QED) is 0.726. The van der Waals surface area contributed by atoms with Crippen LogP contribution in [-0.4, -0.2) is 42.7 Å². The SMILES string of the molecule is CCC(CSC)NC(=O)C1CCC(CN)O1. The predicted molar refractivity (Wildman–Crippen MR) is 67.6 cm³/mol. The fourth-order valence-corrected chi connectivity index (χ4v) is 2.55. The highest BCUT2D eigenvalue weighted by Crippen LogP contribution is 2.19. The number of nitrogens with one attached hydrogen (secondary N) is 1. The minimum atomic E-state index is -0.288. The summed E-state index contributed by atoms with van der Waals surface area (Å²) in [5.74, 6) is 0.979. The van der Waals surface area contributed by atoms with Gasteiger partial charge in [0.05, 0.1) is 6.10 Å². The zero-order valence-corrected chi connectivity index (χ0v) is 10.9. The largest absolute Gasteiger partial charge is 0.364 e. The Hall–Kier alpha value is -0.260. The van der Waals surface area contributed by atoms with Gasteiger partial charge in [-0.3, -0.25) is 4.79 Å². The molecule has 5 heteroatoms. The van der Waals surface area contributed by atoms with E-state index >= 15 is 0 Å². The fourth-order valence-electron chi connectivity index (χ4n) is 1.83. The lowest BCUT2D eigenvalue weighted by atomic mass is 10.1. The third-order valence-corrected chi connectivity index (χ3v) is 3.61. The number of nitrogens with two attached hydrogens (primary N) is 1. The van der Waals surface area contributed by atoms with E-state index in [4.69, 9.17) is 10.5 Å². The molecule has 1 aliphatic heterocycles. The van der Waals surface area contributed by atoms with Crippen LogP contribution < -0.4 is 11.1 Å². The van der Waals surface area contributed by atoms with Gasteiger partial charge in [0.2, 0.25) is 5.91 Å². The third kappa shape index (κ3) is 3.96. The smallest absolute Gasteiger partial charge is 0.249 e. The zero-order valence-electron chi connectivity index (χ0n) is 10.1. The fraction of sp³-hybridized carbons (Fsp3) is 0.909. The maximum absolute atomic E-state index is 11.9. The Kier molecular flexibility index (Phi) is 6.16. The van der Waals surface area contributed by atoms with Gasteiger partial charge in [0.1, 0.15) is 6.10 Å². The molecule has 1 heterocycles. The molecule has 0 aromatic carbocycles. The normalized spacial score (nSPS) is 26.7. The average molecular weight is 246 g/mol. The maximum atomic E-state index is 11.9. The second kappa shape index (κ2) is 7.14. The molecule has 0 saturated carbocycles. The lowest BCUT2D eigenvalue weighted by molar-refractivity contribution is -0.132. The molecule has 0 aliphatic carbocycles. The van der Waals surface area contributed by atoms with Crippen molar-refractivity contribution in [3.63, 3.8) is 0 Å². The number of ether oxygens (including phenoxy) is 1. The van der Waals surface area contributed by atoms with E-state index in [1.54, 1.807) is 11.8 Å². The first-order valence-electron chi connectivity index (χ1n) is 5.86. The van der Waals surface area contributed by atoms with E-state index in [1.807, 2.05) is 6.26 Å². The zero-order chi connectivity index (χ0) is 12.0. The summed E-state index contributed by atoms with van der Waals surface area (Å²) in [6.45, 7) is 2.59. The van der Waals surface area contributed by atoms with Gasteiger partial charge in [0, 0.05) is 18.3 Å². The summed E-state index contributed by atoms with van der Waals surface area (Å²) in [4.78, 5) is 11.9. The number of thioether (sulfide) groups is 1. The molecule has 3 unspecified atom stereocenters. The molecule has 4 nitrogen and oxygen atoms in total. The third-order valence-electron chi connectivity index (χ3n) is 2.87. The van der Waals surface area contributed by atoms with Crippen molar-refractivity contribution in [1.29, 1.82) is 0 Å². The molecule has 0 aromatic heterocycles. The Bertz CT molecular complexity index is 226. The van der Waals surface area contributed by atoms with Gasteiger partial charge in [-0.2, -0.15) is 11.8 Å². The Balaban J connectivity index is 2.34. The van der Waals surface area contributed by atoms with Crippen molar-refractivity contribution in [2.24, 2.45) is 5.73 Å². The van der Waals surface area contributed by atoms with Gasteiger partial charge in [-0.15, -0.1) is 0 Å². The van der Waals surface area contributed by atoms with Crippen molar-refractivity contribution < 1.29 is 9.53 Å². The topological polar surface area (TPSA) is 64.4 Å². The van der Waals surface area contributed by atoms with Crippen LogP contribution in [-0.2, 0) is 9.53 Å². The molecular formula is C11H22N2O2S. The minimum absolute atomic E-state index is 0.0249. The molecule has 0 radical (unpaired) electrons. The number of hydrogen-bond acceptors (Lipinski definition) is 4. The number of amides is 1. The van der Waals surface area contributed by atoms with E-state index in [0.29, 0.717) is 6.54 Å². The molecule has 1 rings (SSSR count). The van der Waals surface area contributed by atoms with Gasteiger partial charge < -0.3 is 15.8 Å². The summed E-state index contributed by atoms with van der Waals surface area (Å²) in [5, 5.41) is 3.03. The van der Waals surface area contributed by atoms with E-state index in [1.165, 1.54) is 0 Å². The van der Waals surface area contributed by atoms with E-state index < -0.39 is 0 Å². The van der Waals surface area contributed by atoms with Crippen LogP contribution >= 0.6 is 11.8 Å². The van der Waals surface area contributed by atoms with Crippen molar-refractivity contribution in [3.05, 3.63) is 0 Å². The monoisotopic (exact) mass is 246 g/mol. The lowest BCUT2D eigenvalue weighted by Gasteiger charge is -2.19. The van der Waals surface area contributed by atoms with E-state index in [2.05, 4.69) is 12.2 Å². The van der Waals surface area contributed by atoms with Crippen molar-refractivity contribution in [3.8, 4) is 0 Å². The molecule has 1 saturated heterocycles. The molecule has 1 fully saturated rings. The average Bonchev–Trinajstić information content (AvgIpc) is 2.76. The lowest BCUT2D eigenvalue weighted by Crippen LogP contribution is -2.42. The first kappa shape index (κ1) is 13.8. The van der Waals surface area contributed by atoms with Gasteiger partial charge in [-0.05, 0) is 25.5 Å². The van der Waals surface area contributed by atoms with Crippen LogP contribution in [0.4, 0.5) is 0 Å². The van der Waals surface area contributed by atoms with Crippen LogP contribution in [0.3, 0.4) is 0 Å². The highest BCUT2D eigenvalue weighted by Gasteiger charge is 2.30. The molecule has 0 aromatic rings. The van der Waals surface area contributed by atoms with Crippen molar-refractivity contribution in [1.82, 2.24) is 5.32 Å². The Morgan fingerprint density at radius 3 is 2.88 bits per heavy atom. The van der Waals surface area contributed by atoms with Gasteiger partial charge in [0.15, 0.2) is 0 Å². The summed E-state index contributed by atoms with van der Waals surface area (Å²) in [6, 6.07) is 0.253. The summed E-state index contributed by atoms with van der Waals surface area (Å²) >= 11 is 1.75. The number of carbonyl (C=O) groups excluding carboxylic acids is 1. The highest BCUT2D eigenvalue weighted by molar-refractivity contribution is 7.98. The van der Waals surface area contributed by atoms with E-state index in [9.17, 15) is 4.79 Å². The van der Waals surface area contributed by atoms with Gasteiger partial charge in [0.25, 0.3) is 0 Å². The van der Waals surface area contributed by atoms with Crippen LogP contribution in [0.1, 0.15) is 26.2 Å². The number of carbonyl (C=O) groups is 1. The molecule has 1 aliphatic rings. The van der Waals surface area contributed by atoms with E-state index in [0.717, 1.165) is 25.0 Å². The van der Waals surface area contributed by atoms with Crippen LogP contribution in [0, 0.1) is 0 Å². The Morgan fingerprint density at radius 2 is 2.38 bits per heavy atom. The Labute approximate surface area is 102 Å². The summed E-state index contributed by atoms with van der Waals surface area (Å²) in [6.07, 6.45) is 4.48. The van der Waals surface area contributed by atoms with Crippen LogP contribution in [0.25, 0.3) is 0 Å². The summed E-state index contributed by atoms with van der Waals surface area (Å²) < 4.78 is 5.55. The molecule has 16 heavy (non-hydrogen) atoms. The van der Waals surface area contributed by atoms with Crippen molar-refractivity contribution >= 4 is 17.7 Å². The highest BCUT2D eigenvalue weighted by atomic mass is 32.2. The number of rotatable bonds is 6. The number of hydrogen-bond donors (Lipinski definition) is 2. The molecular weight excluding hydrogens is 224 g/mol. The van der Waals surface area contributed by atoms with Crippen LogP contribution in [0.15, 0.2) is 0 Å². The molecule has 0 bridgehead atoms. The Morgan fingerprint density at radius 1 is 1.62 bits per heavy atom. The van der Waals surface area contributed by atoms with Gasteiger partial charge in [-0.1, -0.05) is 6.92 Å². The molecule has 94 valence electrons. The van der Waals surface area contributed by atoms with Gasteiger partial charge in [-0.25, -0.2) is 0 Å². The molecule has 0 spiro atoms. The molecule has 3 atom stereocenters. The first-order valence-corrected chi connectivity index (χ1v) is 7.25. The van der Waals surface area contributed by atoms with Crippen molar-refractivity contribution in [2.45, 2.75) is 44.4 Å². The van der Waals surface area contributed by atoms with Crippen molar-refractivity contribution in [2.75, 3.05) is 18.6 Å². The van der Waals surface area contributed by atoms with Crippen LogP contribution in [0.2, 0.25) is 0 Å². The molecule has 3 N–H and O–H groups in total.